The first-order chi connectivity index (χ1) is 13.4. The topological polar surface area (TPSA) is 32.8 Å². The Morgan fingerprint density at radius 1 is 1.14 bits per heavy atom. The number of rotatable bonds is 2. The van der Waals surface area contributed by atoms with Crippen LogP contribution in [0.3, 0.4) is 0 Å². The molecule has 8 heteroatoms. The van der Waals surface area contributed by atoms with E-state index in [2.05, 4.69) is 20.8 Å². The number of carbonyl (C=O) groups is 1. The van der Waals surface area contributed by atoms with Crippen molar-refractivity contribution in [3.8, 4) is 0 Å². The number of ether oxygens (including phenoxy) is 1. The standard InChI is InChI=1S/C21H28BrF3N2O2/c1-19(2,3)29-18(28)26-11-8-20(9-12-26)7-4-10-27(20)14-15-5-6-16(13-17(15)22)21(23,24)25/h5-6,13H,4,7-12,14H2,1-3H3. The van der Waals surface area contributed by atoms with Crippen LogP contribution in [0.1, 0.15) is 57.6 Å². The molecule has 3 rings (SSSR count). The van der Waals surface area contributed by atoms with Gasteiger partial charge in [-0.3, -0.25) is 4.90 Å². The molecule has 0 saturated carbocycles. The molecule has 1 aromatic carbocycles. The average molecular weight is 477 g/mol. The summed E-state index contributed by atoms with van der Waals surface area (Å²) in [6, 6.07) is 3.87. The van der Waals surface area contributed by atoms with Crippen LogP contribution in [0.4, 0.5) is 18.0 Å². The molecule has 1 spiro atoms. The molecule has 2 fully saturated rings. The van der Waals surface area contributed by atoms with Gasteiger partial charge >= 0.3 is 12.3 Å². The van der Waals surface area contributed by atoms with Gasteiger partial charge in [0, 0.05) is 29.6 Å². The molecule has 0 aromatic heterocycles. The Morgan fingerprint density at radius 3 is 2.34 bits per heavy atom. The van der Waals surface area contributed by atoms with Crippen LogP contribution in [0.25, 0.3) is 0 Å². The average Bonchev–Trinajstić information content (AvgIpc) is 2.97. The highest BCUT2D eigenvalue weighted by molar-refractivity contribution is 9.10. The van der Waals surface area contributed by atoms with Crippen molar-refractivity contribution in [2.45, 2.75) is 70.3 Å². The molecule has 2 heterocycles. The summed E-state index contributed by atoms with van der Waals surface area (Å²) < 4.78 is 44.7. The third-order valence-corrected chi connectivity index (χ3v) is 6.57. The zero-order chi connectivity index (χ0) is 21.4. The summed E-state index contributed by atoms with van der Waals surface area (Å²) in [6.07, 6.45) is -0.806. The van der Waals surface area contributed by atoms with E-state index in [0.717, 1.165) is 49.9 Å². The van der Waals surface area contributed by atoms with Gasteiger partial charge in [0.25, 0.3) is 0 Å². The van der Waals surface area contributed by atoms with Crippen molar-refractivity contribution in [3.05, 3.63) is 33.8 Å². The molecule has 4 nitrogen and oxygen atoms in total. The monoisotopic (exact) mass is 476 g/mol. The molecule has 1 amide bonds. The molecule has 2 aliphatic heterocycles. The Kier molecular flexibility index (Phi) is 6.26. The second-order valence-electron chi connectivity index (χ2n) is 9.02. The summed E-state index contributed by atoms with van der Waals surface area (Å²) >= 11 is 3.32. The molecule has 2 saturated heterocycles. The lowest BCUT2D eigenvalue weighted by Crippen LogP contribution is -2.53. The highest BCUT2D eigenvalue weighted by Crippen LogP contribution is 2.41. The number of hydrogen-bond donors (Lipinski definition) is 0. The number of piperidine rings is 1. The first kappa shape index (κ1) is 22.4. The Hall–Kier alpha value is -1.28. The number of likely N-dealkylation sites (tertiary alicyclic amines) is 2. The summed E-state index contributed by atoms with van der Waals surface area (Å²) in [7, 11) is 0. The van der Waals surface area contributed by atoms with Gasteiger partial charge in [-0.25, -0.2) is 4.79 Å². The van der Waals surface area contributed by atoms with Crippen molar-refractivity contribution >= 4 is 22.0 Å². The number of alkyl halides is 3. The van der Waals surface area contributed by atoms with Gasteiger partial charge < -0.3 is 9.64 Å². The summed E-state index contributed by atoms with van der Waals surface area (Å²) in [6.45, 7) is 8.37. The molecule has 162 valence electrons. The van der Waals surface area contributed by atoms with E-state index in [-0.39, 0.29) is 11.6 Å². The number of hydrogen-bond acceptors (Lipinski definition) is 3. The van der Waals surface area contributed by atoms with Crippen LogP contribution in [0.5, 0.6) is 0 Å². The molecule has 29 heavy (non-hydrogen) atoms. The van der Waals surface area contributed by atoms with Gasteiger partial charge in [-0.1, -0.05) is 22.0 Å². The lowest BCUT2D eigenvalue weighted by Gasteiger charge is -2.45. The second-order valence-corrected chi connectivity index (χ2v) is 9.88. The highest BCUT2D eigenvalue weighted by atomic mass is 79.9. The summed E-state index contributed by atoms with van der Waals surface area (Å²) in [5.74, 6) is 0. The van der Waals surface area contributed by atoms with Crippen molar-refractivity contribution in [1.29, 1.82) is 0 Å². The van der Waals surface area contributed by atoms with Gasteiger partial charge in [0.15, 0.2) is 0 Å². The van der Waals surface area contributed by atoms with Gasteiger partial charge in [-0.15, -0.1) is 0 Å². The predicted octanol–water partition coefficient (Wildman–Crippen LogP) is 5.83. The second kappa shape index (κ2) is 8.10. The zero-order valence-corrected chi connectivity index (χ0v) is 18.7. The Morgan fingerprint density at radius 2 is 1.79 bits per heavy atom. The Labute approximate surface area is 178 Å². The minimum absolute atomic E-state index is 0.000646. The lowest BCUT2D eigenvalue weighted by atomic mass is 9.85. The summed E-state index contributed by atoms with van der Waals surface area (Å²) in [4.78, 5) is 16.5. The molecule has 0 radical (unpaired) electrons. The summed E-state index contributed by atoms with van der Waals surface area (Å²) in [5, 5.41) is 0. The van der Waals surface area contributed by atoms with Gasteiger partial charge in [0.05, 0.1) is 5.56 Å². The normalized spacial score (nSPS) is 20.3. The van der Waals surface area contributed by atoms with Gasteiger partial charge in [0.2, 0.25) is 0 Å². The van der Waals surface area contributed by atoms with Crippen LogP contribution in [-0.2, 0) is 17.5 Å². The number of benzene rings is 1. The van der Waals surface area contributed by atoms with E-state index in [0.29, 0.717) is 24.1 Å². The van der Waals surface area contributed by atoms with Crippen molar-refractivity contribution in [1.82, 2.24) is 9.80 Å². The minimum atomic E-state index is -4.34. The first-order valence-electron chi connectivity index (χ1n) is 9.98. The van der Waals surface area contributed by atoms with Crippen molar-refractivity contribution < 1.29 is 22.7 Å². The molecule has 2 aliphatic rings. The van der Waals surface area contributed by atoms with E-state index in [1.165, 1.54) is 0 Å². The minimum Gasteiger partial charge on any atom is -0.444 e. The fourth-order valence-electron chi connectivity index (χ4n) is 4.30. The van der Waals surface area contributed by atoms with Crippen LogP contribution >= 0.6 is 15.9 Å². The third kappa shape index (κ3) is 5.26. The maximum Gasteiger partial charge on any atom is 0.416 e. The maximum atomic E-state index is 12.9. The van der Waals surface area contributed by atoms with Crippen molar-refractivity contribution in [2.75, 3.05) is 19.6 Å². The van der Waals surface area contributed by atoms with E-state index in [1.54, 1.807) is 11.0 Å². The van der Waals surface area contributed by atoms with E-state index in [4.69, 9.17) is 4.74 Å². The molecular weight excluding hydrogens is 449 g/mol. The molecular formula is C21H28BrF3N2O2. The van der Waals surface area contributed by atoms with Crippen LogP contribution in [0.2, 0.25) is 0 Å². The van der Waals surface area contributed by atoms with Gasteiger partial charge in [0.1, 0.15) is 5.60 Å². The van der Waals surface area contributed by atoms with E-state index in [1.807, 2.05) is 20.8 Å². The van der Waals surface area contributed by atoms with Gasteiger partial charge in [-0.05, 0) is 70.7 Å². The number of amides is 1. The zero-order valence-electron chi connectivity index (χ0n) is 17.1. The third-order valence-electron chi connectivity index (χ3n) is 5.83. The SMILES string of the molecule is CC(C)(C)OC(=O)N1CCC2(CCCN2Cc2ccc(C(F)(F)F)cc2Br)CC1. The smallest absolute Gasteiger partial charge is 0.416 e. The maximum absolute atomic E-state index is 12.9. The molecule has 0 N–H and O–H groups in total. The van der Waals surface area contributed by atoms with Crippen molar-refractivity contribution in [2.24, 2.45) is 0 Å². The van der Waals surface area contributed by atoms with E-state index < -0.39 is 17.3 Å². The van der Waals surface area contributed by atoms with Crippen LogP contribution in [0.15, 0.2) is 22.7 Å². The predicted molar refractivity (Wildman–Crippen MR) is 109 cm³/mol. The van der Waals surface area contributed by atoms with E-state index >= 15 is 0 Å². The fraction of sp³-hybridized carbons (Fsp3) is 0.667. The van der Waals surface area contributed by atoms with Crippen LogP contribution in [-0.4, -0.2) is 46.7 Å². The quantitative estimate of drug-likeness (QED) is 0.537. The molecule has 1 aromatic rings. The lowest BCUT2D eigenvalue weighted by molar-refractivity contribution is -0.137. The number of nitrogens with zero attached hydrogens (tertiary/aromatic N) is 2. The van der Waals surface area contributed by atoms with Crippen LogP contribution < -0.4 is 0 Å². The highest BCUT2D eigenvalue weighted by Gasteiger charge is 2.44. The summed E-state index contributed by atoms with van der Waals surface area (Å²) in [5.41, 5.74) is -0.301. The van der Waals surface area contributed by atoms with Crippen molar-refractivity contribution in [3.63, 3.8) is 0 Å². The van der Waals surface area contributed by atoms with E-state index in [9.17, 15) is 18.0 Å². The Balaban J connectivity index is 1.66. The van der Waals surface area contributed by atoms with Gasteiger partial charge in [-0.2, -0.15) is 13.2 Å². The largest absolute Gasteiger partial charge is 0.444 e. The fourth-order valence-corrected chi connectivity index (χ4v) is 4.80. The molecule has 0 aliphatic carbocycles. The first-order valence-corrected chi connectivity index (χ1v) is 10.8. The number of carbonyl (C=O) groups excluding carboxylic acids is 1. The molecule has 0 bridgehead atoms. The molecule has 0 atom stereocenters. The number of halogens is 4. The molecule has 0 unspecified atom stereocenters. The van der Waals surface area contributed by atoms with Crippen LogP contribution in [0, 0.1) is 0 Å². The Bertz CT molecular complexity index is 753.